The van der Waals surface area contributed by atoms with Crippen molar-refractivity contribution in [1.82, 2.24) is 19.1 Å². The molecule has 21 heavy (non-hydrogen) atoms. The molecule has 1 aromatic heterocycles. The predicted octanol–water partition coefficient (Wildman–Crippen LogP) is 1.50. The molecule has 1 aliphatic heterocycles. The topological polar surface area (TPSA) is 68.1 Å². The molecular weight excluding hydrogens is 295 g/mol. The molecule has 1 atom stereocenters. The summed E-state index contributed by atoms with van der Waals surface area (Å²) in [5, 5.41) is 4.11. The summed E-state index contributed by atoms with van der Waals surface area (Å²) in [5.74, 6) is 0.142. The van der Waals surface area contributed by atoms with Crippen LogP contribution in [0.15, 0.2) is 30.6 Å². The fourth-order valence-electron chi connectivity index (χ4n) is 2.68. The Morgan fingerprint density at radius 2 is 2.19 bits per heavy atom. The van der Waals surface area contributed by atoms with Crippen LogP contribution in [0, 0.1) is 5.82 Å². The summed E-state index contributed by atoms with van der Waals surface area (Å²) in [7, 11) is -3.31. The highest BCUT2D eigenvalue weighted by Crippen LogP contribution is 2.33. The molecular formula is C13H15FN4O2S. The Balaban J connectivity index is 2.03. The Morgan fingerprint density at radius 3 is 2.90 bits per heavy atom. The van der Waals surface area contributed by atoms with E-state index in [0.29, 0.717) is 24.5 Å². The minimum atomic E-state index is -3.31. The monoisotopic (exact) mass is 310 g/mol. The molecule has 0 saturated carbocycles. The third-order valence-corrected chi connectivity index (χ3v) is 4.84. The molecule has 1 fully saturated rings. The van der Waals surface area contributed by atoms with E-state index in [9.17, 15) is 12.8 Å². The van der Waals surface area contributed by atoms with Gasteiger partial charge in [0.05, 0.1) is 18.0 Å². The van der Waals surface area contributed by atoms with Crippen molar-refractivity contribution in [1.29, 1.82) is 0 Å². The Kier molecular flexibility index (Phi) is 3.50. The summed E-state index contributed by atoms with van der Waals surface area (Å²) in [4.78, 5) is 4.19. The fourth-order valence-corrected chi connectivity index (χ4v) is 3.80. The van der Waals surface area contributed by atoms with Crippen molar-refractivity contribution in [2.45, 2.75) is 18.9 Å². The first kappa shape index (κ1) is 14.2. The van der Waals surface area contributed by atoms with E-state index in [1.165, 1.54) is 33.7 Å². The van der Waals surface area contributed by atoms with Crippen molar-refractivity contribution in [3.05, 3.63) is 42.2 Å². The smallest absolute Gasteiger partial charge is 0.211 e. The molecule has 0 unspecified atom stereocenters. The maximum atomic E-state index is 13.4. The number of benzene rings is 1. The summed E-state index contributed by atoms with van der Waals surface area (Å²) in [5.41, 5.74) is 0.530. The number of hydrogen-bond acceptors (Lipinski definition) is 4. The number of nitrogens with zero attached hydrogens (tertiary/aromatic N) is 4. The lowest BCUT2D eigenvalue weighted by Crippen LogP contribution is -2.31. The summed E-state index contributed by atoms with van der Waals surface area (Å²) in [6.07, 6.45) is 4.00. The second-order valence-corrected chi connectivity index (χ2v) is 6.98. The fraction of sp³-hybridized carbons (Fsp3) is 0.385. The second-order valence-electron chi connectivity index (χ2n) is 5.04. The molecule has 2 heterocycles. The molecule has 112 valence electrons. The van der Waals surface area contributed by atoms with Crippen molar-refractivity contribution in [3.63, 3.8) is 0 Å². The van der Waals surface area contributed by atoms with Gasteiger partial charge in [0.25, 0.3) is 0 Å². The van der Waals surface area contributed by atoms with E-state index in [2.05, 4.69) is 10.1 Å². The molecule has 1 aliphatic rings. The van der Waals surface area contributed by atoms with Crippen molar-refractivity contribution in [2.24, 2.45) is 0 Å². The maximum absolute atomic E-state index is 13.4. The van der Waals surface area contributed by atoms with E-state index in [1.807, 2.05) is 0 Å². The molecule has 1 aromatic carbocycles. The number of hydrogen-bond donors (Lipinski definition) is 0. The molecule has 0 radical (unpaired) electrons. The van der Waals surface area contributed by atoms with Gasteiger partial charge >= 0.3 is 0 Å². The molecule has 0 aliphatic carbocycles. The van der Waals surface area contributed by atoms with Crippen molar-refractivity contribution in [3.8, 4) is 5.69 Å². The zero-order valence-corrected chi connectivity index (χ0v) is 12.3. The minimum Gasteiger partial charge on any atom is -0.218 e. The van der Waals surface area contributed by atoms with Crippen molar-refractivity contribution < 1.29 is 12.8 Å². The molecule has 0 bridgehead atoms. The van der Waals surface area contributed by atoms with Gasteiger partial charge in [-0.05, 0) is 31.0 Å². The van der Waals surface area contributed by atoms with E-state index >= 15 is 0 Å². The van der Waals surface area contributed by atoms with Gasteiger partial charge < -0.3 is 0 Å². The number of aromatic nitrogens is 3. The molecule has 0 amide bonds. The maximum Gasteiger partial charge on any atom is 0.211 e. The van der Waals surface area contributed by atoms with Gasteiger partial charge in [-0.25, -0.2) is 22.5 Å². The van der Waals surface area contributed by atoms with E-state index in [-0.39, 0.29) is 11.9 Å². The van der Waals surface area contributed by atoms with Crippen LogP contribution in [0.25, 0.3) is 5.69 Å². The van der Waals surface area contributed by atoms with Gasteiger partial charge in [0, 0.05) is 6.54 Å². The molecule has 3 rings (SSSR count). The predicted molar refractivity (Wildman–Crippen MR) is 74.8 cm³/mol. The average molecular weight is 310 g/mol. The van der Waals surface area contributed by atoms with Crippen LogP contribution in [0.1, 0.15) is 24.7 Å². The molecule has 0 N–H and O–H groups in total. The summed E-state index contributed by atoms with van der Waals surface area (Å²) < 4.78 is 40.0. The Morgan fingerprint density at radius 1 is 1.38 bits per heavy atom. The van der Waals surface area contributed by atoms with Crippen LogP contribution in [0.3, 0.4) is 0 Å². The highest BCUT2D eigenvalue weighted by atomic mass is 32.2. The third kappa shape index (κ3) is 2.68. The zero-order valence-electron chi connectivity index (χ0n) is 11.5. The Hall–Kier alpha value is -1.80. The largest absolute Gasteiger partial charge is 0.218 e. The lowest BCUT2D eigenvalue weighted by Gasteiger charge is -2.21. The average Bonchev–Trinajstić information content (AvgIpc) is 3.06. The number of sulfonamides is 1. The highest BCUT2D eigenvalue weighted by molar-refractivity contribution is 7.88. The van der Waals surface area contributed by atoms with E-state index < -0.39 is 10.0 Å². The molecule has 8 heteroatoms. The lowest BCUT2D eigenvalue weighted by atomic mass is 10.2. The lowest BCUT2D eigenvalue weighted by molar-refractivity contribution is 0.381. The number of halogens is 1. The molecule has 1 saturated heterocycles. The quantitative estimate of drug-likeness (QED) is 0.861. The Labute approximate surface area is 122 Å². The Bertz CT molecular complexity index is 759. The van der Waals surface area contributed by atoms with Gasteiger partial charge in [0.15, 0.2) is 5.82 Å². The van der Waals surface area contributed by atoms with E-state index in [0.717, 1.165) is 6.42 Å². The first-order valence-electron chi connectivity index (χ1n) is 6.59. The standard InChI is InChI=1S/C13H15FN4O2S/c1-21(19,20)17-7-3-6-12(17)13-15-9-16-18(13)11-5-2-4-10(14)8-11/h2,4-5,8-9,12H,3,6-7H2,1H3/t12-/m0/s1. The van der Waals surface area contributed by atoms with Gasteiger partial charge in [-0.1, -0.05) is 6.07 Å². The van der Waals surface area contributed by atoms with Crippen molar-refractivity contribution >= 4 is 10.0 Å². The van der Waals surface area contributed by atoms with Gasteiger partial charge in [0.1, 0.15) is 12.1 Å². The number of rotatable bonds is 3. The van der Waals surface area contributed by atoms with Crippen LogP contribution in [0.2, 0.25) is 0 Å². The third-order valence-electron chi connectivity index (χ3n) is 3.55. The summed E-state index contributed by atoms with van der Waals surface area (Å²) >= 11 is 0. The van der Waals surface area contributed by atoms with E-state index in [1.54, 1.807) is 12.1 Å². The van der Waals surface area contributed by atoms with Crippen LogP contribution >= 0.6 is 0 Å². The van der Waals surface area contributed by atoms with Crippen LogP contribution < -0.4 is 0 Å². The van der Waals surface area contributed by atoms with Crippen molar-refractivity contribution in [2.75, 3.05) is 12.8 Å². The SMILES string of the molecule is CS(=O)(=O)N1CCC[C@H]1c1ncnn1-c1cccc(F)c1. The van der Waals surface area contributed by atoms with Gasteiger partial charge in [-0.15, -0.1) is 0 Å². The van der Waals surface area contributed by atoms with Gasteiger partial charge in [0.2, 0.25) is 10.0 Å². The van der Waals surface area contributed by atoms with Crippen LogP contribution in [0.5, 0.6) is 0 Å². The molecule has 0 spiro atoms. The first-order valence-corrected chi connectivity index (χ1v) is 8.44. The van der Waals surface area contributed by atoms with Gasteiger partial charge in [-0.2, -0.15) is 9.40 Å². The normalized spacial score (nSPS) is 20.0. The molecule has 2 aromatic rings. The summed E-state index contributed by atoms with van der Waals surface area (Å²) in [6, 6.07) is 5.63. The minimum absolute atomic E-state index is 0.356. The van der Waals surface area contributed by atoms with Crippen LogP contribution in [-0.2, 0) is 10.0 Å². The zero-order chi connectivity index (χ0) is 15.0. The highest BCUT2D eigenvalue weighted by Gasteiger charge is 2.35. The van der Waals surface area contributed by atoms with Gasteiger partial charge in [-0.3, -0.25) is 0 Å². The second kappa shape index (κ2) is 5.19. The first-order chi connectivity index (χ1) is 9.97. The molecule has 6 nitrogen and oxygen atoms in total. The van der Waals surface area contributed by atoms with Crippen LogP contribution in [0.4, 0.5) is 4.39 Å². The van der Waals surface area contributed by atoms with Crippen LogP contribution in [-0.4, -0.2) is 40.3 Å². The van der Waals surface area contributed by atoms with E-state index in [4.69, 9.17) is 0 Å². The summed E-state index contributed by atoms with van der Waals surface area (Å²) in [6.45, 7) is 0.472.